The first-order valence-electron chi connectivity index (χ1n) is 8.56. The fourth-order valence-corrected chi connectivity index (χ4v) is 3.36. The minimum Gasteiger partial charge on any atom is -0.339 e. The predicted octanol–water partition coefficient (Wildman–Crippen LogP) is 4.39. The lowest BCUT2D eigenvalue weighted by Gasteiger charge is -2.31. The molecule has 0 saturated carbocycles. The molecular formula is C20H20BrFN2O2. The molecule has 136 valence electrons. The van der Waals surface area contributed by atoms with E-state index in [0.29, 0.717) is 31.5 Å². The highest BCUT2D eigenvalue weighted by Crippen LogP contribution is 2.23. The average Bonchev–Trinajstić information content (AvgIpc) is 2.64. The van der Waals surface area contributed by atoms with Crippen molar-refractivity contribution >= 4 is 33.4 Å². The molecule has 1 fully saturated rings. The van der Waals surface area contributed by atoms with Crippen molar-refractivity contribution < 1.29 is 14.0 Å². The van der Waals surface area contributed by atoms with E-state index in [1.54, 1.807) is 11.0 Å². The number of nitrogens with one attached hydrogen (secondary N) is 1. The Morgan fingerprint density at radius 2 is 1.88 bits per heavy atom. The largest absolute Gasteiger partial charge is 0.339 e. The molecule has 0 unspecified atom stereocenters. The van der Waals surface area contributed by atoms with Crippen molar-refractivity contribution in [1.82, 2.24) is 4.90 Å². The van der Waals surface area contributed by atoms with Gasteiger partial charge in [0.25, 0.3) is 5.91 Å². The van der Waals surface area contributed by atoms with Crippen molar-refractivity contribution in [3.05, 3.63) is 63.9 Å². The molecule has 2 aromatic carbocycles. The summed E-state index contributed by atoms with van der Waals surface area (Å²) in [5.41, 5.74) is 2.17. The summed E-state index contributed by atoms with van der Waals surface area (Å²) in [6.45, 7) is 2.95. The van der Waals surface area contributed by atoms with E-state index in [1.165, 1.54) is 18.2 Å². The van der Waals surface area contributed by atoms with Crippen LogP contribution in [0.25, 0.3) is 0 Å². The van der Waals surface area contributed by atoms with Gasteiger partial charge < -0.3 is 10.2 Å². The molecule has 6 heteroatoms. The zero-order valence-corrected chi connectivity index (χ0v) is 16.1. The average molecular weight is 419 g/mol. The summed E-state index contributed by atoms with van der Waals surface area (Å²) in [6.07, 6.45) is 1.20. The zero-order valence-electron chi connectivity index (χ0n) is 14.5. The quantitative estimate of drug-likeness (QED) is 0.803. The third-order valence-corrected chi connectivity index (χ3v) is 5.54. The highest BCUT2D eigenvalue weighted by atomic mass is 79.9. The van der Waals surface area contributed by atoms with E-state index in [9.17, 15) is 14.0 Å². The van der Waals surface area contributed by atoms with Crippen LogP contribution in [0.1, 0.15) is 28.8 Å². The van der Waals surface area contributed by atoms with Gasteiger partial charge in [0.05, 0.1) is 0 Å². The Balaban J connectivity index is 1.56. The van der Waals surface area contributed by atoms with Gasteiger partial charge in [0.15, 0.2) is 0 Å². The van der Waals surface area contributed by atoms with Crippen LogP contribution < -0.4 is 5.32 Å². The van der Waals surface area contributed by atoms with Crippen molar-refractivity contribution in [2.24, 2.45) is 5.92 Å². The fraction of sp³-hybridized carbons (Fsp3) is 0.300. The highest BCUT2D eigenvalue weighted by Gasteiger charge is 2.28. The molecule has 1 saturated heterocycles. The van der Waals surface area contributed by atoms with E-state index in [4.69, 9.17) is 0 Å². The van der Waals surface area contributed by atoms with Crippen LogP contribution in [0.4, 0.5) is 10.1 Å². The number of carbonyl (C=O) groups excluding carboxylic acids is 2. The van der Waals surface area contributed by atoms with E-state index in [0.717, 1.165) is 15.7 Å². The number of hydrogen-bond acceptors (Lipinski definition) is 2. The zero-order chi connectivity index (χ0) is 18.7. The standard InChI is InChI=1S/C20H20BrFN2O2/c1-13-11-17(5-6-18(13)21)23-19(25)14-7-9-24(10-8-14)20(26)15-3-2-4-16(22)12-15/h2-6,11-12,14H,7-10H2,1H3,(H,23,25). The number of aryl methyl sites for hydroxylation is 1. The number of carbonyl (C=O) groups is 2. The van der Waals surface area contributed by atoms with Gasteiger partial charge >= 0.3 is 0 Å². The number of piperidine rings is 1. The second-order valence-electron chi connectivity index (χ2n) is 6.53. The molecule has 1 N–H and O–H groups in total. The van der Waals surface area contributed by atoms with Crippen molar-refractivity contribution in [2.75, 3.05) is 18.4 Å². The number of anilines is 1. The first-order valence-corrected chi connectivity index (χ1v) is 9.35. The molecule has 3 rings (SSSR count). The number of amides is 2. The van der Waals surface area contributed by atoms with E-state index in [2.05, 4.69) is 21.2 Å². The van der Waals surface area contributed by atoms with Crippen molar-refractivity contribution in [3.8, 4) is 0 Å². The van der Waals surface area contributed by atoms with Crippen LogP contribution >= 0.6 is 15.9 Å². The minimum atomic E-state index is -0.421. The lowest BCUT2D eigenvalue weighted by atomic mass is 9.95. The number of benzene rings is 2. The van der Waals surface area contributed by atoms with Gasteiger partial charge in [0.2, 0.25) is 5.91 Å². The summed E-state index contributed by atoms with van der Waals surface area (Å²) in [5, 5.41) is 2.95. The molecule has 1 aliphatic heterocycles. The maximum Gasteiger partial charge on any atom is 0.253 e. The normalized spacial score (nSPS) is 15.0. The second-order valence-corrected chi connectivity index (χ2v) is 7.38. The molecule has 1 heterocycles. The SMILES string of the molecule is Cc1cc(NC(=O)C2CCN(C(=O)c3cccc(F)c3)CC2)ccc1Br. The minimum absolute atomic E-state index is 0.0235. The molecular weight excluding hydrogens is 399 g/mol. The Hall–Kier alpha value is -2.21. The molecule has 4 nitrogen and oxygen atoms in total. The van der Waals surface area contributed by atoms with Crippen molar-refractivity contribution in [3.63, 3.8) is 0 Å². The predicted molar refractivity (Wildman–Crippen MR) is 103 cm³/mol. The van der Waals surface area contributed by atoms with Gasteiger partial charge in [-0.1, -0.05) is 22.0 Å². The third-order valence-electron chi connectivity index (χ3n) is 4.65. The van der Waals surface area contributed by atoms with Crippen molar-refractivity contribution in [2.45, 2.75) is 19.8 Å². The molecule has 1 aliphatic rings. The lowest BCUT2D eigenvalue weighted by Crippen LogP contribution is -2.41. The molecule has 0 atom stereocenters. The van der Waals surface area contributed by atoms with Crippen LogP contribution in [-0.4, -0.2) is 29.8 Å². The maximum atomic E-state index is 13.3. The Bertz CT molecular complexity index is 832. The first-order chi connectivity index (χ1) is 12.4. The number of hydrogen-bond donors (Lipinski definition) is 1. The van der Waals surface area contributed by atoms with Gasteiger partial charge in [-0.25, -0.2) is 4.39 Å². The van der Waals surface area contributed by atoms with Crippen LogP contribution in [0.15, 0.2) is 46.9 Å². The van der Waals surface area contributed by atoms with Crippen LogP contribution in [-0.2, 0) is 4.79 Å². The van der Waals surface area contributed by atoms with Crippen LogP contribution in [0.3, 0.4) is 0 Å². The molecule has 26 heavy (non-hydrogen) atoms. The molecule has 0 aromatic heterocycles. The lowest BCUT2D eigenvalue weighted by molar-refractivity contribution is -0.121. The summed E-state index contributed by atoms with van der Waals surface area (Å²) in [7, 11) is 0. The van der Waals surface area contributed by atoms with E-state index < -0.39 is 5.82 Å². The van der Waals surface area contributed by atoms with Gasteiger partial charge in [0.1, 0.15) is 5.82 Å². The molecule has 0 aliphatic carbocycles. The fourth-order valence-electron chi connectivity index (χ4n) is 3.12. The highest BCUT2D eigenvalue weighted by molar-refractivity contribution is 9.10. The summed E-state index contributed by atoms with van der Waals surface area (Å²) in [6, 6.07) is 11.4. The number of halogens is 2. The van der Waals surface area contributed by atoms with E-state index in [-0.39, 0.29) is 17.7 Å². The Morgan fingerprint density at radius 1 is 1.15 bits per heavy atom. The van der Waals surface area contributed by atoms with E-state index >= 15 is 0 Å². The monoisotopic (exact) mass is 418 g/mol. The summed E-state index contributed by atoms with van der Waals surface area (Å²) in [4.78, 5) is 26.6. The first kappa shape index (κ1) is 18.6. The summed E-state index contributed by atoms with van der Waals surface area (Å²) < 4.78 is 14.3. The van der Waals surface area contributed by atoms with Crippen molar-refractivity contribution in [1.29, 1.82) is 0 Å². The summed E-state index contributed by atoms with van der Waals surface area (Å²) >= 11 is 3.44. The number of rotatable bonds is 3. The molecule has 0 bridgehead atoms. The smallest absolute Gasteiger partial charge is 0.253 e. The number of nitrogens with zero attached hydrogens (tertiary/aromatic N) is 1. The van der Waals surface area contributed by atoms with Gasteiger partial charge in [0, 0.05) is 34.7 Å². The summed E-state index contributed by atoms with van der Waals surface area (Å²) in [5.74, 6) is -0.762. The molecule has 0 radical (unpaired) electrons. The topological polar surface area (TPSA) is 49.4 Å². The van der Waals surface area contributed by atoms with Gasteiger partial charge in [-0.05, 0) is 61.7 Å². The maximum absolute atomic E-state index is 13.3. The Morgan fingerprint density at radius 3 is 2.54 bits per heavy atom. The molecule has 2 amide bonds. The molecule has 0 spiro atoms. The second kappa shape index (κ2) is 7.99. The van der Waals surface area contributed by atoms with Gasteiger partial charge in [-0.15, -0.1) is 0 Å². The molecule has 2 aromatic rings. The number of likely N-dealkylation sites (tertiary alicyclic amines) is 1. The van der Waals surface area contributed by atoms with Crippen LogP contribution in [0, 0.1) is 18.7 Å². The van der Waals surface area contributed by atoms with Gasteiger partial charge in [-0.2, -0.15) is 0 Å². The van der Waals surface area contributed by atoms with Crippen LogP contribution in [0.5, 0.6) is 0 Å². The third kappa shape index (κ3) is 4.30. The van der Waals surface area contributed by atoms with Gasteiger partial charge in [-0.3, -0.25) is 9.59 Å². The Labute approximate surface area is 160 Å². The van der Waals surface area contributed by atoms with Crippen LogP contribution in [0.2, 0.25) is 0 Å². The Kier molecular flexibility index (Phi) is 5.71. The van der Waals surface area contributed by atoms with E-state index in [1.807, 2.05) is 25.1 Å².